The highest BCUT2D eigenvalue weighted by molar-refractivity contribution is 14.0. The Balaban J connectivity index is 0.00000320. The quantitative estimate of drug-likeness (QED) is 0.326. The van der Waals surface area contributed by atoms with Gasteiger partial charge >= 0.3 is 0 Å². The number of nitrogens with one attached hydrogen (secondary N) is 1. The minimum atomic E-state index is 0. The number of hydrogen-bond donors (Lipinski definition) is 1. The monoisotopic (exact) mass is 530 g/mol. The number of aromatic nitrogens is 2. The molecular weight excluding hydrogens is 491 g/mol. The van der Waals surface area contributed by atoms with E-state index in [1.54, 1.807) is 0 Å². The van der Waals surface area contributed by atoms with Gasteiger partial charge in [0, 0.05) is 84.4 Å². The summed E-state index contributed by atoms with van der Waals surface area (Å²) < 4.78 is 0. The number of hydrogen-bond acceptors (Lipinski definition) is 6. The summed E-state index contributed by atoms with van der Waals surface area (Å²) in [6.45, 7) is 19.3. The van der Waals surface area contributed by atoms with Crippen molar-refractivity contribution in [2.75, 3.05) is 83.4 Å². The molecule has 30 heavy (non-hydrogen) atoms. The van der Waals surface area contributed by atoms with Crippen molar-refractivity contribution in [1.82, 2.24) is 30.0 Å². The summed E-state index contributed by atoms with van der Waals surface area (Å²) in [5, 5.41) is 3.49. The van der Waals surface area contributed by atoms with Gasteiger partial charge in [0.2, 0.25) is 5.95 Å². The van der Waals surface area contributed by atoms with Crippen LogP contribution in [0.5, 0.6) is 0 Å². The molecule has 2 aliphatic heterocycles. The van der Waals surface area contributed by atoms with Crippen LogP contribution in [0.25, 0.3) is 0 Å². The van der Waals surface area contributed by atoms with Crippen LogP contribution < -0.4 is 10.2 Å². The summed E-state index contributed by atoms with van der Waals surface area (Å²) in [4.78, 5) is 23.5. The Morgan fingerprint density at radius 3 is 2.23 bits per heavy atom. The molecule has 0 aliphatic carbocycles. The topological polar surface area (TPSA) is 63.1 Å². The molecule has 2 saturated heterocycles. The van der Waals surface area contributed by atoms with Crippen LogP contribution >= 0.6 is 24.0 Å². The van der Waals surface area contributed by atoms with Crippen molar-refractivity contribution >= 4 is 35.9 Å². The van der Waals surface area contributed by atoms with Gasteiger partial charge in [0.05, 0.1) is 0 Å². The van der Waals surface area contributed by atoms with Crippen molar-refractivity contribution in [2.24, 2.45) is 10.9 Å². The Bertz CT molecular complexity index is 613. The molecule has 3 rings (SSSR count). The van der Waals surface area contributed by atoms with E-state index >= 15 is 0 Å². The molecule has 0 spiro atoms. The van der Waals surface area contributed by atoms with Crippen molar-refractivity contribution in [3.05, 3.63) is 18.5 Å². The Kier molecular flexibility index (Phi) is 11.1. The fraction of sp³-hybridized carbons (Fsp3) is 0.762. The first-order chi connectivity index (χ1) is 14.2. The molecule has 1 unspecified atom stereocenters. The molecular formula is C21H39IN8. The number of piperazine rings is 2. The van der Waals surface area contributed by atoms with Gasteiger partial charge in [0.15, 0.2) is 5.96 Å². The SMILES string of the molecule is CCNC(=NCC(C)CN1CCN(CC)CC1)N1CCN(c2ncccn2)CC1.I. The molecule has 0 amide bonds. The third-order valence-corrected chi connectivity index (χ3v) is 5.78. The van der Waals surface area contributed by atoms with Crippen molar-refractivity contribution < 1.29 is 0 Å². The largest absolute Gasteiger partial charge is 0.357 e. The van der Waals surface area contributed by atoms with Gasteiger partial charge in [-0.15, -0.1) is 24.0 Å². The molecule has 8 nitrogen and oxygen atoms in total. The normalized spacial score (nSPS) is 20.0. The van der Waals surface area contributed by atoms with Crippen molar-refractivity contribution in [2.45, 2.75) is 20.8 Å². The molecule has 170 valence electrons. The third kappa shape index (κ3) is 7.49. The highest BCUT2D eigenvalue weighted by Gasteiger charge is 2.22. The number of rotatable bonds is 7. The summed E-state index contributed by atoms with van der Waals surface area (Å²) >= 11 is 0. The number of guanidine groups is 1. The van der Waals surface area contributed by atoms with Crippen LogP contribution in [0.2, 0.25) is 0 Å². The first kappa shape index (κ1) is 25.1. The minimum Gasteiger partial charge on any atom is -0.357 e. The Morgan fingerprint density at radius 1 is 1.00 bits per heavy atom. The van der Waals surface area contributed by atoms with Crippen molar-refractivity contribution in [3.8, 4) is 0 Å². The zero-order valence-electron chi connectivity index (χ0n) is 18.8. The van der Waals surface area contributed by atoms with Gasteiger partial charge in [-0.2, -0.15) is 0 Å². The number of likely N-dealkylation sites (N-methyl/N-ethyl adjacent to an activating group) is 1. The second-order valence-corrected chi connectivity index (χ2v) is 8.06. The van der Waals surface area contributed by atoms with Gasteiger partial charge in [-0.3, -0.25) is 4.99 Å². The summed E-state index contributed by atoms with van der Waals surface area (Å²) in [7, 11) is 0. The van der Waals surface area contributed by atoms with Gasteiger partial charge in [-0.05, 0) is 25.5 Å². The van der Waals surface area contributed by atoms with E-state index in [0.29, 0.717) is 5.92 Å². The van der Waals surface area contributed by atoms with E-state index in [2.05, 4.69) is 55.7 Å². The standard InChI is InChI=1S/C21H38N8.HI/c1-4-22-20(25-17-19(3)18-27-11-9-26(5-2)10-12-27)28-13-15-29(16-14-28)21-23-7-6-8-24-21;/h6-8,19H,4-5,9-18H2,1-3H3,(H,22,25);1H. The van der Waals surface area contributed by atoms with Crippen LogP contribution in [-0.4, -0.2) is 109 Å². The van der Waals surface area contributed by atoms with Crippen molar-refractivity contribution in [3.63, 3.8) is 0 Å². The zero-order chi connectivity index (χ0) is 20.5. The Hall–Kier alpha value is -1.20. The van der Waals surface area contributed by atoms with Crippen LogP contribution in [0.15, 0.2) is 23.5 Å². The van der Waals surface area contributed by atoms with Gasteiger partial charge < -0.3 is 24.9 Å². The first-order valence-electron chi connectivity index (χ1n) is 11.2. The minimum absolute atomic E-state index is 0. The molecule has 1 N–H and O–H groups in total. The average molecular weight is 531 g/mol. The summed E-state index contributed by atoms with van der Waals surface area (Å²) in [5.41, 5.74) is 0. The molecule has 0 radical (unpaired) electrons. The maximum Gasteiger partial charge on any atom is 0.225 e. The van der Waals surface area contributed by atoms with E-state index in [1.807, 2.05) is 18.5 Å². The van der Waals surface area contributed by atoms with E-state index in [9.17, 15) is 0 Å². The van der Waals surface area contributed by atoms with Gasteiger partial charge in [0.1, 0.15) is 0 Å². The third-order valence-electron chi connectivity index (χ3n) is 5.78. The van der Waals surface area contributed by atoms with E-state index in [-0.39, 0.29) is 24.0 Å². The summed E-state index contributed by atoms with van der Waals surface area (Å²) in [6, 6.07) is 1.86. The fourth-order valence-electron chi connectivity index (χ4n) is 4.03. The van der Waals surface area contributed by atoms with E-state index in [0.717, 1.165) is 57.7 Å². The molecule has 3 heterocycles. The van der Waals surface area contributed by atoms with Crippen LogP contribution in [0.4, 0.5) is 5.95 Å². The second-order valence-electron chi connectivity index (χ2n) is 8.06. The second kappa shape index (κ2) is 13.3. The lowest BCUT2D eigenvalue weighted by atomic mass is 10.1. The van der Waals surface area contributed by atoms with Crippen LogP contribution in [0.1, 0.15) is 20.8 Å². The van der Waals surface area contributed by atoms with E-state index < -0.39 is 0 Å². The molecule has 2 fully saturated rings. The van der Waals surface area contributed by atoms with E-state index in [4.69, 9.17) is 4.99 Å². The average Bonchev–Trinajstić information content (AvgIpc) is 2.78. The molecule has 1 aromatic heterocycles. The number of anilines is 1. The smallest absolute Gasteiger partial charge is 0.225 e. The molecule has 1 atom stereocenters. The predicted octanol–water partition coefficient (Wildman–Crippen LogP) is 1.46. The molecule has 0 saturated carbocycles. The fourth-order valence-corrected chi connectivity index (χ4v) is 4.03. The molecule has 1 aromatic rings. The Labute approximate surface area is 199 Å². The maximum atomic E-state index is 4.98. The number of aliphatic imine (C=N–C) groups is 1. The molecule has 0 bridgehead atoms. The maximum absolute atomic E-state index is 4.98. The molecule has 2 aliphatic rings. The summed E-state index contributed by atoms with van der Waals surface area (Å²) in [5.74, 6) is 2.44. The van der Waals surface area contributed by atoms with Gasteiger partial charge in [-0.25, -0.2) is 9.97 Å². The highest BCUT2D eigenvalue weighted by atomic mass is 127. The summed E-state index contributed by atoms with van der Waals surface area (Å²) in [6.07, 6.45) is 3.62. The van der Waals surface area contributed by atoms with Crippen molar-refractivity contribution in [1.29, 1.82) is 0 Å². The zero-order valence-corrected chi connectivity index (χ0v) is 21.2. The highest BCUT2D eigenvalue weighted by Crippen LogP contribution is 2.11. The first-order valence-corrected chi connectivity index (χ1v) is 11.2. The van der Waals surface area contributed by atoms with Gasteiger partial charge in [-0.1, -0.05) is 13.8 Å². The van der Waals surface area contributed by atoms with Gasteiger partial charge in [0.25, 0.3) is 0 Å². The lowest BCUT2D eigenvalue weighted by Crippen LogP contribution is -2.53. The van der Waals surface area contributed by atoms with Crippen LogP contribution in [0.3, 0.4) is 0 Å². The Morgan fingerprint density at radius 2 is 1.63 bits per heavy atom. The molecule has 0 aromatic carbocycles. The number of halogens is 1. The lowest BCUT2D eigenvalue weighted by Gasteiger charge is -2.37. The van der Waals surface area contributed by atoms with Crippen LogP contribution in [0, 0.1) is 5.92 Å². The van der Waals surface area contributed by atoms with E-state index in [1.165, 1.54) is 32.7 Å². The number of nitrogens with zero attached hydrogens (tertiary/aromatic N) is 7. The van der Waals surface area contributed by atoms with Crippen LogP contribution in [-0.2, 0) is 0 Å². The lowest BCUT2D eigenvalue weighted by molar-refractivity contribution is 0.125. The molecule has 9 heteroatoms. The predicted molar refractivity (Wildman–Crippen MR) is 135 cm³/mol.